The molecule has 2 rings (SSSR count). The number of likely N-dealkylation sites (N-methyl/N-ethyl adjacent to an activating group) is 1. The van der Waals surface area contributed by atoms with Crippen LogP contribution in [0.5, 0.6) is 0 Å². The molecule has 2 aliphatic heterocycles. The third-order valence-corrected chi connectivity index (χ3v) is 4.72. The Kier molecular flexibility index (Phi) is 5.02. The van der Waals surface area contributed by atoms with Crippen molar-refractivity contribution in [3.8, 4) is 0 Å². The van der Waals surface area contributed by atoms with E-state index < -0.39 is 0 Å². The number of amides is 2. The minimum atomic E-state index is -0.304. The lowest BCUT2D eigenvalue weighted by Crippen LogP contribution is -2.57. The lowest BCUT2D eigenvalue weighted by molar-refractivity contribution is -0.156. The molecular formula is C15H27N3O2. The highest BCUT2D eigenvalue weighted by atomic mass is 16.2. The summed E-state index contributed by atoms with van der Waals surface area (Å²) in [7, 11) is 0. The highest BCUT2D eigenvalue weighted by Crippen LogP contribution is 2.23. The van der Waals surface area contributed by atoms with Crippen molar-refractivity contribution < 1.29 is 9.59 Å². The molecule has 2 aliphatic rings. The summed E-state index contributed by atoms with van der Waals surface area (Å²) in [6.45, 7) is 10.3. The van der Waals surface area contributed by atoms with Crippen LogP contribution in [0, 0.1) is 0 Å². The standard InChI is InChI=1S/C15H27N3O2/c1-4-16-8-10-17(11-9-16)14(19)15(20)18-12(2)6-5-7-13(18)3/h12-13H,4-11H2,1-3H3. The highest BCUT2D eigenvalue weighted by molar-refractivity contribution is 6.35. The van der Waals surface area contributed by atoms with Gasteiger partial charge in [0.1, 0.15) is 0 Å². The molecule has 2 atom stereocenters. The molecule has 114 valence electrons. The highest BCUT2D eigenvalue weighted by Gasteiger charge is 2.35. The predicted octanol–water partition coefficient (Wildman–Crippen LogP) is 0.940. The zero-order chi connectivity index (χ0) is 14.7. The van der Waals surface area contributed by atoms with Gasteiger partial charge < -0.3 is 14.7 Å². The quantitative estimate of drug-likeness (QED) is 0.672. The van der Waals surface area contributed by atoms with Crippen molar-refractivity contribution in [1.82, 2.24) is 14.7 Å². The summed E-state index contributed by atoms with van der Waals surface area (Å²) in [6, 6.07) is 0.374. The SMILES string of the molecule is CCN1CCN(C(=O)C(=O)N2C(C)CCCC2C)CC1. The van der Waals surface area contributed by atoms with E-state index in [-0.39, 0.29) is 23.9 Å². The average Bonchev–Trinajstić information content (AvgIpc) is 2.46. The molecule has 5 nitrogen and oxygen atoms in total. The minimum absolute atomic E-state index is 0.187. The normalized spacial score (nSPS) is 28.6. The van der Waals surface area contributed by atoms with Gasteiger partial charge in [0, 0.05) is 38.3 Å². The van der Waals surface area contributed by atoms with Gasteiger partial charge in [-0.05, 0) is 39.7 Å². The minimum Gasteiger partial charge on any atom is -0.332 e. The van der Waals surface area contributed by atoms with E-state index in [0.717, 1.165) is 38.9 Å². The van der Waals surface area contributed by atoms with Crippen molar-refractivity contribution in [3.63, 3.8) is 0 Å². The van der Waals surface area contributed by atoms with Crippen LogP contribution >= 0.6 is 0 Å². The molecule has 2 saturated heterocycles. The van der Waals surface area contributed by atoms with Gasteiger partial charge in [0.05, 0.1) is 0 Å². The summed E-state index contributed by atoms with van der Waals surface area (Å²) in [5.74, 6) is -0.601. The van der Waals surface area contributed by atoms with Gasteiger partial charge in [0.2, 0.25) is 0 Å². The van der Waals surface area contributed by atoms with E-state index in [4.69, 9.17) is 0 Å². The lowest BCUT2D eigenvalue weighted by Gasteiger charge is -2.40. The van der Waals surface area contributed by atoms with E-state index in [0.29, 0.717) is 13.1 Å². The number of carbonyl (C=O) groups excluding carboxylic acids is 2. The monoisotopic (exact) mass is 281 g/mol. The second-order valence-electron chi connectivity index (χ2n) is 6.07. The Morgan fingerprint density at radius 1 is 0.950 bits per heavy atom. The maximum atomic E-state index is 12.5. The third kappa shape index (κ3) is 3.14. The van der Waals surface area contributed by atoms with E-state index in [2.05, 4.69) is 25.7 Å². The number of piperidine rings is 1. The topological polar surface area (TPSA) is 43.9 Å². The van der Waals surface area contributed by atoms with E-state index in [1.807, 2.05) is 0 Å². The average molecular weight is 281 g/mol. The maximum absolute atomic E-state index is 12.5. The molecular weight excluding hydrogens is 254 g/mol. The molecule has 0 aromatic rings. The van der Waals surface area contributed by atoms with Crippen LogP contribution in [0.2, 0.25) is 0 Å². The second kappa shape index (κ2) is 6.57. The molecule has 2 heterocycles. The number of rotatable bonds is 1. The van der Waals surface area contributed by atoms with Crippen molar-refractivity contribution in [3.05, 3.63) is 0 Å². The van der Waals surface area contributed by atoms with E-state index in [1.165, 1.54) is 0 Å². The summed E-state index contributed by atoms with van der Waals surface area (Å²) in [5, 5.41) is 0. The van der Waals surface area contributed by atoms with Crippen LogP contribution in [0.15, 0.2) is 0 Å². The Morgan fingerprint density at radius 3 is 2.00 bits per heavy atom. The van der Waals surface area contributed by atoms with Crippen LogP contribution in [-0.4, -0.2) is 71.3 Å². The lowest BCUT2D eigenvalue weighted by atomic mass is 9.97. The molecule has 2 amide bonds. The van der Waals surface area contributed by atoms with Gasteiger partial charge in [-0.3, -0.25) is 9.59 Å². The van der Waals surface area contributed by atoms with E-state index >= 15 is 0 Å². The first kappa shape index (κ1) is 15.3. The van der Waals surface area contributed by atoms with Gasteiger partial charge in [-0.1, -0.05) is 6.92 Å². The zero-order valence-electron chi connectivity index (χ0n) is 13.0. The van der Waals surface area contributed by atoms with Crippen molar-refractivity contribution in [1.29, 1.82) is 0 Å². The molecule has 20 heavy (non-hydrogen) atoms. The number of hydrogen-bond donors (Lipinski definition) is 0. The Balaban J connectivity index is 1.96. The number of likely N-dealkylation sites (tertiary alicyclic amines) is 1. The van der Waals surface area contributed by atoms with Crippen LogP contribution in [0.25, 0.3) is 0 Å². The Morgan fingerprint density at radius 2 is 1.50 bits per heavy atom. The van der Waals surface area contributed by atoms with Crippen LogP contribution < -0.4 is 0 Å². The molecule has 2 unspecified atom stereocenters. The van der Waals surface area contributed by atoms with E-state index in [1.54, 1.807) is 9.80 Å². The molecule has 0 saturated carbocycles. The van der Waals surface area contributed by atoms with Crippen LogP contribution in [0.4, 0.5) is 0 Å². The summed E-state index contributed by atoms with van der Waals surface area (Å²) in [5.41, 5.74) is 0. The smallest absolute Gasteiger partial charge is 0.312 e. The van der Waals surface area contributed by atoms with Crippen molar-refractivity contribution in [2.75, 3.05) is 32.7 Å². The Labute approximate surface area is 121 Å². The first-order chi connectivity index (χ1) is 9.54. The fraction of sp³-hybridized carbons (Fsp3) is 0.867. The first-order valence-electron chi connectivity index (χ1n) is 7.88. The Hall–Kier alpha value is -1.10. The third-order valence-electron chi connectivity index (χ3n) is 4.72. The fourth-order valence-corrected chi connectivity index (χ4v) is 3.33. The largest absolute Gasteiger partial charge is 0.332 e. The molecule has 2 fully saturated rings. The number of carbonyl (C=O) groups is 2. The molecule has 0 aromatic carbocycles. The summed E-state index contributed by atoms with van der Waals surface area (Å²) in [4.78, 5) is 30.7. The summed E-state index contributed by atoms with van der Waals surface area (Å²) in [6.07, 6.45) is 3.16. The summed E-state index contributed by atoms with van der Waals surface area (Å²) >= 11 is 0. The summed E-state index contributed by atoms with van der Waals surface area (Å²) < 4.78 is 0. The van der Waals surface area contributed by atoms with Gasteiger partial charge >= 0.3 is 11.8 Å². The number of piperazine rings is 1. The molecule has 0 N–H and O–H groups in total. The van der Waals surface area contributed by atoms with Crippen LogP contribution in [0.3, 0.4) is 0 Å². The molecule has 0 aliphatic carbocycles. The molecule has 0 aromatic heterocycles. The predicted molar refractivity (Wildman–Crippen MR) is 78.3 cm³/mol. The zero-order valence-corrected chi connectivity index (χ0v) is 13.0. The number of nitrogens with zero attached hydrogens (tertiary/aromatic N) is 3. The van der Waals surface area contributed by atoms with Crippen molar-refractivity contribution in [2.45, 2.75) is 52.1 Å². The van der Waals surface area contributed by atoms with Crippen molar-refractivity contribution in [2.24, 2.45) is 0 Å². The molecule has 0 radical (unpaired) electrons. The van der Waals surface area contributed by atoms with Crippen LogP contribution in [0.1, 0.15) is 40.0 Å². The molecule has 0 spiro atoms. The van der Waals surface area contributed by atoms with Gasteiger partial charge in [-0.2, -0.15) is 0 Å². The first-order valence-corrected chi connectivity index (χ1v) is 7.88. The van der Waals surface area contributed by atoms with Gasteiger partial charge in [-0.15, -0.1) is 0 Å². The van der Waals surface area contributed by atoms with Crippen molar-refractivity contribution >= 4 is 11.8 Å². The van der Waals surface area contributed by atoms with Gasteiger partial charge in [-0.25, -0.2) is 0 Å². The Bertz CT molecular complexity index is 354. The van der Waals surface area contributed by atoms with E-state index in [9.17, 15) is 9.59 Å². The maximum Gasteiger partial charge on any atom is 0.312 e. The molecule has 5 heteroatoms. The fourth-order valence-electron chi connectivity index (χ4n) is 3.33. The van der Waals surface area contributed by atoms with Crippen LogP contribution in [-0.2, 0) is 9.59 Å². The van der Waals surface area contributed by atoms with Gasteiger partial charge in [0.25, 0.3) is 0 Å². The second-order valence-corrected chi connectivity index (χ2v) is 6.07. The van der Waals surface area contributed by atoms with Gasteiger partial charge in [0.15, 0.2) is 0 Å². The number of hydrogen-bond acceptors (Lipinski definition) is 3. The molecule has 0 bridgehead atoms.